The molecule has 1 fully saturated rings. The number of carboxylic acid groups (broad SMARTS) is 1. The van der Waals surface area contributed by atoms with Crippen molar-refractivity contribution in [1.82, 2.24) is 0 Å². The molecule has 0 saturated carbocycles. The molecule has 73 heavy (non-hydrogen) atoms. The first kappa shape index (κ1) is 66.9. The first-order chi connectivity index (χ1) is 35.6. The first-order valence-electron chi connectivity index (χ1n) is 28.6. The molecule has 6 atom stereocenters. The molecule has 416 valence electrons. The number of aliphatic carboxylic acids is 1. The van der Waals surface area contributed by atoms with Crippen LogP contribution in [-0.2, 0) is 42.9 Å². The van der Waals surface area contributed by atoms with E-state index in [4.69, 9.17) is 23.7 Å². The highest BCUT2D eigenvalue weighted by Crippen LogP contribution is 2.26. The van der Waals surface area contributed by atoms with Crippen LogP contribution in [-0.4, -0.2) is 89.2 Å². The SMILES string of the molecule is CC/C=C\C/C=C\C/C=C\C/C=C\CCCCC(=O)OC1C(OCC(COC(=O)CCCCCCC/C=C\C/C=C\CCCCC)OC(=O)CCCCCCC/C=C\CCCCCC)OC(C(=O)O)C(O)C1O. The number of allylic oxidation sites excluding steroid dienone is 14. The summed E-state index contributed by atoms with van der Waals surface area (Å²) < 4.78 is 28.3. The number of rotatable bonds is 47. The van der Waals surface area contributed by atoms with Crippen molar-refractivity contribution >= 4 is 23.9 Å². The molecule has 1 heterocycles. The molecule has 0 spiro atoms. The standard InChI is InChI=1S/C61H100O12/c1-4-7-10-13-16-19-22-25-27-30-32-35-38-41-44-47-53(62)69-50-52(71-54(63)48-45-42-39-36-33-29-24-21-18-15-12-9-6-3)51-70-61-59(57(66)56(65)58(73-61)60(67)68)72-55(64)49-46-43-40-37-34-31-28-26-23-20-17-14-11-8-5-2/h8,11,16-17,19-21,24-28,34,37,52,56-59,61,65-66H,4-7,9-10,12-15,18,22-23,29-33,35-36,38-51H2,1-3H3,(H,67,68)/b11-8-,19-16-,20-17-,24-21-,27-25-,28-26-,37-34-. The molecule has 0 aromatic rings. The Bertz CT molecular complexity index is 1590. The number of aliphatic hydroxyl groups is 2. The van der Waals surface area contributed by atoms with Gasteiger partial charge in [0, 0.05) is 19.3 Å². The van der Waals surface area contributed by atoms with Crippen LogP contribution in [0.5, 0.6) is 0 Å². The number of carboxylic acids is 1. The van der Waals surface area contributed by atoms with E-state index in [1.54, 1.807) is 0 Å². The average Bonchev–Trinajstić information content (AvgIpc) is 3.37. The Hall–Kier alpha value is -4.10. The molecule has 0 amide bonds. The molecule has 1 saturated heterocycles. The predicted octanol–water partition coefficient (Wildman–Crippen LogP) is 14.3. The van der Waals surface area contributed by atoms with Crippen LogP contribution in [0, 0.1) is 0 Å². The zero-order valence-electron chi connectivity index (χ0n) is 45.6. The van der Waals surface area contributed by atoms with Crippen LogP contribution in [0.1, 0.15) is 226 Å². The zero-order valence-corrected chi connectivity index (χ0v) is 45.6. The van der Waals surface area contributed by atoms with Crippen molar-refractivity contribution in [3.8, 4) is 0 Å². The minimum Gasteiger partial charge on any atom is -0.479 e. The molecule has 6 unspecified atom stereocenters. The van der Waals surface area contributed by atoms with Crippen LogP contribution in [0.3, 0.4) is 0 Å². The van der Waals surface area contributed by atoms with Gasteiger partial charge in [0.15, 0.2) is 24.6 Å². The molecule has 12 nitrogen and oxygen atoms in total. The van der Waals surface area contributed by atoms with Gasteiger partial charge < -0.3 is 39.0 Å². The van der Waals surface area contributed by atoms with Gasteiger partial charge in [-0.05, 0) is 116 Å². The van der Waals surface area contributed by atoms with E-state index in [9.17, 15) is 34.5 Å². The Morgan fingerprint density at radius 2 is 0.863 bits per heavy atom. The zero-order chi connectivity index (χ0) is 53.3. The van der Waals surface area contributed by atoms with E-state index in [0.717, 1.165) is 116 Å². The fourth-order valence-corrected chi connectivity index (χ4v) is 8.03. The maximum Gasteiger partial charge on any atom is 0.335 e. The van der Waals surface area contributed by atoms with Crippen LogP contribution in [0.2, 0.25) is 0 Å². The summed E-state index contributed by atoms with van der Waals surface area (Å²) in [5.74, 6) is -3.21. The third-order valence-corrected chi connectivity index (χ3v) is 12.4. The van der Waals surface area contributed by atoms with E-state index in [-0.39, 0.29) is 25.9 Å². The van der Waals surface area contributed by atoms with Crippen molar-refractivity contribution in [2.75, 3.05) is 13.2 Å². The molecule has 0 radical (unpaired) electrons. The van der Waals surface area contributed by atoms with Crippen LogP contribution in [0.15, 0.2) is 85.1 Å². The number of carbonyl (C=O) groups is 4. The number of aliphatic hydroxyl groups excluding tert-OH is 2. The number of ether oxygens (including phenoxy) is 5. The van der Waals surface area contributed by atoms with Crippen molar-refractivity contribution in [3.05, 3.63) is 85.1 Å². The number of hydrogen-bond donors (Lipinski definition) is 3. The van der Waals surface area contributed by atoms with Crippen molar-refractivity contribution in [1.29, 1.82) is 0 Å². The monoisotopic (exact) mass is 1020 g/mol. The van der Waals surface area contributed by atoms with Gasteiger partial charge in [-0.2, -0.15) is 0 Å². The molecular formula is C61H100O12. The lowest BCUT2D eigenvalue weighted by Gasteiger charge is -2.40. The van der Waals surface area contributed by atoms with Gasteiger partial charge in [0.2, 0.25) is 0 Å². The van der Waals surface area contributed by atoms with Gasteiger partial charge in [0.05, 0.1) is 6.61 Å². The number of carbonyl (C=O) groups excluding carboxylic acids is 3. The van der Waals surface area contributed by atoms with Crippen molar-refractivity contribution in [2.45, 2.75) is 263 Å². The van der Waals surface area contributed by atoms with Crippen LogP contribution < -0.4 is 0 Å². The van der Waals surface area contributed by atoms with E-state index in [2.05, 4.69) is 106 Å². The summed E-state index contributed by atoms with van der Waals surface area (Å²) in [6.07, 6.45) is 49.8. The summed E-state index contributed by atoms with van der Waals surface area (Å²) in [6.45, 7) is 5.78. The summed E-state index contributed by atoms with van der Waals surface area (Å²) in [5, 5.41) is 31.4. The Balaban J connectivity index is 2.75. The summed E-state index contributed by atoms with van der Waals surface area (Å²) in [5.41, 5.74) is 0. The molecule has 12 heteroatoms. The smallest absolute Gasteiger partial charge is 0.335 e. The van der Waals surface area contributed by atoms with Gasteiger partial charge in [-0.25, -0.2) is 4.79 Å². The fraction of sp³-hybridized carbons (Fsp3) is 0.705. The first-order valence-corrected chi connectivity index (χ1v) is 28.6. The Morgan fingerprint density at radius 3 is 1.38 bits per heavy atom. The van der Waals surface area contributed by atoms with E-state index in [1.165, 1.54) is 44.9 Å². The van der Waals surface area contributed by atoms with Gasteiger partial charge in [0.1, 0.15) is 18.8 Å². The average molecular weight is 1030 g/mol. The number of esters is 3. The lowest BCUT2D eigenvalue weighted by Crippen LogP contribution is -2.61. The quantitative estimate of drug-likeness (QED) is 0.0228. The summed E-state index contributed by atoms with van der Waals surface area (Å²) in [4.78, 5) is 51.0. The van der Waals surface area contributed by atoms with Gasteiger partial charge in [-0.1, -0.05) is 176 Å². The Morgan fingerprint density at radius 1 is 0.466 bits per heavy atom. The topological polar surface area (TPSA) is 175 Å². The predicted molar refractivity (Wildman–Crippen MR) is 294 cm³/mol. The highest BCUT2D eigenvalue weighted by Gasteiger charge is 2.50. The van der Waals surface area contributed by atoms with Crippen LogP contribution >= 0.6 is 0 Å². The number of unbranched alkanes of at least 4 members (excludes halogenated alkanes) is 19. The van der Waals surface area contributed by atoms with Gasteiger partial charge in [-0.3, -0.25) is 14.4 Å². The summed E-state index contributed by atoms with van der Waals surface area (Å²) in [6, 6.07) is 0. The van der Waals surface area contributed by atoms with Gasteiger partial charge in [0.25, 0.3) is 0 Å². The van der Waals surface area contributed by atoms with E-state index < -0.39 is 67.3 Å². The molecule has 0 aromatic carbocycles. The van der Waals surface area contributed by atoms with Gasteiger partial charge >= 0.3 is 23.9 Å². The molecule has 0 bridgehead atoms. The van der Waals surface area contributed by atoms with Crippen molar-refractivity contribution in [3.63, 3.8) is 0 Å². The molecule has 1 aliphatic heterocycles. The molecule has 3 N–H and O–H groups in total. The Labute approximate surface area is 441 Å². The second-order valence-corrected chi connectivity index (χ2v) is 19.2. The van der Waals surface area contributed by atoms with Gasteiger partial charge in [-0.15, -0.1) is 0 Å². The lowest BCUT2D eigenvalue weighted by molar-refractivity contribution is -0.301. The molecular weight excluding hydrogens is 925 g/mol. The lowest BCUT2D eigenvalue weighted by atomic mass is 9.98. The van der Waals surface area contributed by atoms with E-state index >= 15 is 0 Å². The van der Waals surface area contributed by atoms with Crippen molar-refractivity contribution in [2.24, 2.45) is 0 Å². The highest BCUT2D eigenvalue weighted by molar-refractivity contribution is 5.74. The molecule has 1 aliphatic rings. The molecule has 0 aromatic heterocycles. The minimum absolute atomic E-state index is 0.00303. The number of hydrogen-bond acceptors (Lipinski definition) is 11. The van der Waals surface area contributed by atoms with Crippen LogP contribution in [0.4, 0.5) is 0 Å². The molecule has 1 rings (SSSR count). The second-order valence-electron chi connectivity index (χ2n) is 19.2. The Kier molecular flexibility index (Phi) is 44.7. The minimum atomic E-state index is -1.92. The maximum atomic E-state index is 13.1. The third kappa shape index (κ3) is 39.0. The highest BCUT2D eigenvalue weighted by atomic mass is 16.7. The van der Waals surface area contributed by atoms with E-state index in [1.807, 2.05) is 0 Å². The van der Waals surface area contributed by atoms with Crippen molar-refractivity contribution < 1.29 is 58.2 Å². The van der Waals surface area contributed by atoms with E-state index in [0.29, 0.717) is 25.7 Å². The summed E-state index contributed by atoms with van der Waals surface area (Å²) in [7, 11) is 0. The fourth-order valence-electron chi connectivity index (χ4n) is 8.03. The largest absolute Gasteiger partial charge is 0.479 e. The maximum absolute atomic E-state index is 13.1. The second kappa shape index (κ2) is 48.8. The van der Waals surface area contributed by atoms with Crippen LogP contribution in [0.25, 0.3) is 0 Å². The third-order valence-electron chi connectivity index (χ3n) is 12.4. The summed E-state index contributed by atoms with van der Waals surface area (Å²) >= 11 is 0. The molecule has 0 aliphatic carbocycles. The normalized spacial score (nSPS) is 18.9.